The minimum Gasteiger partial charge on any atom is -0.379 e. The fourth-order valence-corrected chi connectivity index (χ4v) is 2.01. The number of hydrogen-bond acceptors (Lipinski definition) is 6. The van der Waals surface area contributed by atoms with Crippen molar-refractivity contribution < 1.29 is 9.84 Å². The Morgan fingerprint density at radius 1 is 1.05 bits per heavy atom. The van der Waals surface area contributed by atoms with Crippen LogP contribution in [-0.2, 0) is 0 Å². The van der Waals surface area contributed by atoms with Crippen molar-refractivity contribution in [2.24, 2.45) is 4.99 Å². The number of nitrogens with two attached hydrogens (primary N) is 1. The van der Waals surface area contributed by atoms with E-state index in [4.69, 9.17) is 5.73 Å². The van der Waals surface area contributed by atoms with Crippen LogP contribution < -0.4 is 11.2 Å². The van der Waals surface area contributed by atoms with Gasteiger partial charge in [-0.1, -0.05) is 42.5 Å². The van der Waals surface area contributed by atoms with Gasteiger partial charge in [0.15, 0.2) is 17.3 Å². The molecule has 0 saturated heterocycles. The van der Waals surface area contributed by atoms with Crippen molar-refractivity contribution in [3.8, 4) is 11.1 Å². The summed E-state index contributed by atoms with van der Waals surface area (Å²) in [6.07, 6.45) is 0. The van der Waals surface area contributed by atoms with Crippen molar-refractivity contribution in [3.63, 3.8) is 0 Å². The molecule has 0 unspecified atom stereocenters. The summed E-state index contributed by atoms with van der Waals surface area (Å²) in [6, 6.07) is 17.4. The number of nitrogens with one attached hydrogen (secondary N) is 1. The van der Waals surface area contributed by atoms with Gasteiger partial charge in [-0.2, -0.15) is 0 Å². The first-order valence-electron chi connectivity index (χ1n) is 6.50. The van der Waals surface area contributed by atoms with Crippen LogP contribution in [0.2, 0.25) is 0 Å². The lowest BCUT2D eigenvalue weighted by Crippen LogP contribution is -2.21. The molecule has 22 heavy (non-hydrogen) atoms. The number of anilines is 1. The summed E-state index contributed by atoms with van der Waals surface area (Å²) in [5.74, 6) is 0.100. The molecule has 4 N–H and O–H groups in total. The summed E-state index contributed by atoms with van der Waals surface area (Å²) in [5, 5.41) is 16.3. The van der Waals surface area contributed by atoms with Gasteiger partial charge in [0.2, 0.25) is 0 Å². The SMILES string of the molecule is Nc1nonc1C(=Nc1cccc(-c2ccccc2)c1)NO. The molecule has 3 aromatic rings. The first-order valence-corrected chi connectivity index (χ1v) is 6.50. The number of nitrogen functional groups attached to an aromatic ring is 1. The van der Waals surface area contributed by atoms with Crippen LogP contribution in [0.4, 0.5) is 11.5 Å². The van der Waals surface area contributed by atoms with Crippen LogP contribution in [0.25, 0.3) is 11.1 Å². The van der Waals surface area contributed by atoms with Crippen LogP contribution in [0.1, 0.15) is 5.69 Å². The van der Waals surface area contributed by atoms with Crippen LogP contribution in [0, 0.1) is 0 Å². The van der Waals surface area contributed by atoms with Crippen molar-refractivity contribution in [2.45, 2.75) is 0 Å². The summed E-state index contributed by atoms with van der Waals surface area (Å²) in [5.41, 5.74) is 10.4. The van der Waals surface area contributed by atoms with E-state index in [0.29, 0.717) is 5.69 Å². The van der Waals surface area contributed by atoms with E-state index < -0.39 is 0 Å². The second-order valence-electron chi connectivity index (χ2n) is 4.49. The van der Waals surface area contributed by atoms with Gasteiger partial charge in [0.05, 0.1) is 5.69 Å². The van der Waals surface area contributed by atoms with E-state index in [1.54, 1.807) is 6.07 Å². The standard InChI is InChI=1S/C15H13N5O2/c16-14-13(19-22-20-14)15(18-21)17-12-8-4-7-11(9-12)10-5-2-1-3-6-10/h1-9,21H,(H2,16,20)(H,17,18). The zero-order chi connectivity index (χ0) is 15.4. The van der Waals surface area contributed by atoms with Gasteiger partial charge >= 0.3 is 0 Å². The molecule has 1 aromatic heterocycles. The molecule has 0 fully saturated rings. The molecule has 0 radical (unpaired) electrons. The topological polar surface area (TPSA) is 110 Å². The maximum atomic E-state index is 9.22. The molecular formula is C15H13N5O2. The lowest BCUT2D eigenvalue weighted by atomic mass is 10.1. The van der Waals surface area contributed by atoms with Gasteiger partial charge in [-0.15, -0.1) is 0 Å². The number of benzene rings is 2. The Morgan fingerprint density at radius 3 is 2.50 bits per heavy atom. The molecule has 7 nitrogen and oxygen atoms in total. The minimum absolute atomic E-state index is 0.0412. The third kappa shape index (κ3) is 2.79. The maximum absolute atomic E-state index is 9.22. The van der Waals surface area contributed by atoms with Crippen LogP contribution >= 0.6 is 0 Å². The Kier molecular flexibility index (Phi) is 3.80. The fourth-order valence-electron chi connectivity index (χ4n) is 2.01. The summed E-state index contributed by atoms with van der Waals surface area (Å²) in [7, 11) is 0. The highest BCUT2D eigenvalue weighted by Crippen LogP contribution is 2.24. The van der Waals surface area contributed by atoms with Crippen LogP contribution in [0.5, 0.6) is 0 Å². The van der Waals surface area contributed by atoms with E-state index in [9.17, 15) is 5.21 Å². The molecule has 0 saturated carbocycles. The highest BCUT2D eigenvalue weighted by Gasteiger charge is 2.13. The summed E-state index contributed by atoms with van der Waals surface area (Å²) in [4.78, 5) is 4.28. The highest BCUT2D eigenvalue weighted by atomic mass is 16.6. The molecule has 7 heteroatoms. The lowest BCUT2D eigenvalue weighted by molar-refractivity contribution is 0.234. The van der Waals surface area contributed by atoms with Crippen LogP contribution in [0.3, 0.4) is 0 Å². The third-order valence-electron chi connectivity index (χ3n) is 3.04. The molecule has 0 aliphatic heterocycles. The number of hydrogen-bond donors (Lipinski definition) is 3. The predicted octanol–water partition coefficient (Wildman–Crippen LogP) is 2.38. The van der Waals surface area contributed by atoms with E-state index in [-0.39, 0.29) is 17.3 Å². The summed E-state index contributed by atoms with van der Waals surface area (Å²) in [6.45, 7) is 0. The zero-order valence-electron chi connectivity index (χ0n) is 11.5. The van der Waals surface area contributed by atoms with Gasteiger partial charge < -0.3 is 5.73 Å². The van der Waals surface area contributed by atoms with Crippen molar-refractivity contribution in [2.75, 3.05) is 5.73 Å². The average Bonchev–Trinajstić information content (AvgIpc) is 3.00. The monoisotopic (exact) mass is 295 g/mol. The smallest absolute Gasteiger partial charge is 0.199 e. The number of hydroxylamine groups is 1. The summed E-state index contributed by atoms with van der Waals surface area (Å²) < 4.78 is 4.50. The number of aromatic nitrogens is 2. The normalized spacial score (nSPS) is 11.4. The molecular weight excluding hydrogens is 282 g/mol. The third-order valence-corrected chi connectivity index (χ3v) is 3.04. The van der Waals surface area contributed by atoms with E-state index in [1.165, 1.54) is 0 Å². The Balaban J connectivity index is 1.99. The van der Waals surface area contributed by atoms with E-state index in [0.717, 1.165) is 11.1 Å². The Morgan fingerprint density at radius 2 is 1.82 bits per heavy atom. The van der Waals surface area contributed by atoms with Crippen molar-refractivity contribution >= 4 is 17.3 Å². The molecule has 0 aliphatic rings. The van der Waals surface area contributed by atoms with Gasteiger partial charge in [0.1, 0.15) is 0 Å². The second-order valence-corrected chi connectivity index (χ2v) is 4.49. The van der Waals surface area contributed by atoms with E-state index in [2.05, 4.69) is 19.9 Å². The molecule has 0 spiro atoms. The molecule has 0 aliphatic carbocycles. The maximum Gasteiger partial charge on any atom is 0.199 e. The van der Waals surface area contributed by atoms with Gasteiger partial charge in [-0.05, 0) is 33.6 Å². The first-order chi connectivity index (χ1) is 10.8. The zero-order valence-corrected chi connectivity index (χ0v) is 11.5. The number of rotatable bonds is 3. The summed E-state index contributed by atoms with van der Waals surface area (Å²) >= 11 is 0. The van der Waals surface area contributed by atoms with Crippen molar-refractivity contribution in [3.05, 3.63) is 60.3 Å². The first kappa shape index (κ1) is 13.8. The average molecular weight is 295 g/mol. The van der Waals surface area contributed by atoms with Gasteiger partial charge in [-0.25, -0.2) is 9.62 Å². The lowest BCUT2D eigenvalue weighted by Gasteiger charge is -2.04. The van der Waals surface area contributed by atoms with E-state index in [1.807, 2.05) is 54.0 Å². The quantitative estimate of drug-likeness (QED) is 0.389. The Hall–Kier alpha value is -3.19. The van der Waals surface area contributed by atoms with Crippen LogP contribution in [-0.4, -0.2) is 21.4 Å². The largest absolute Gasteiger partial charge is 0.379 e. The molecule has 3 rings (SSSR count). The van der Waals surface area contributed by atoms with Crippen molar-refractivity contribution in [1.29, 1.82) is 0 Å². The van der Waals surface area contributed by atoms with Gasteiger partial charge in [-0.3, -0.25) is 10.7 Å². The van der Waals surface area contributed by atoms with E-state index >= 15 is 0 Å². The highest BCUT2D eigenvalue weighted by molar-refractivity contribution is 6.01. The molecule has 110 valence electrons. The fraction of sp³-hybridized carbons (Fsp3) is 0. The molecule has 1 heterocycles. The van der Waals surface area contributed by atoms with Crippen LogP contribution in [0.15, 0.2) is 64.2 Å². The Labute approximate surface area is 126 Å². The number of amidine groups is 1. The number of nitrogens with zero attached hydrogens (tertiary/aromatic N) is 3. The Bertz CT molecular complexity index is 798. The second kappa shape index (κ2) is 6.06. The van der Waals surface area contributed by atoms with Gasteiger partial charge in [0, 0.05) is 0 Å². The number of aliphatic imine (C=N–C) groups is 1. The minimum atomic E-state index is 0.0412. The molecule has 0 bridgehead atoms. The van der Waals surface area contributed by atoms with Gasteiger partial charge in [0.25, 0.3) is 0 Å². The predicted molar refractivity (Wildman–Crippen MR) is 81.7 cm³/mol. The molecule has 0 amide bonds. The molecule has 2 aromatic carbocycles. The molecule has 0 atom stereocenters. The van der Waals surface area contributed by atoms with Crippen molar-refractivity contribution in [1.82, 2.24) is 15.8 Å².